The number of carbonyl (C=O) groups excluding carboxylic acids is 1. The van der Waals surface area contributed by atoms with Crippen LogP contribution in [-0.2, 0) is 4.79 Å². The Kier molecular flexibility index (Phi) is 1.86. The molecule has 1 aliphatic carbocycles. The molecular weight excluding hydrogens is 116 g/mol. The second-order valence-corrected chi connectivity index (χ2v) is 2.86. The van der Waals surface area contributed by atoms with E-state index in [4.69, 9.17) is 5.11 Å². The Balaban J connectivity index is 2.44. The molecule has 2 nitrogen and oxygen atoms in total. The average molecular weight is 128 g/mol. The molecule has 2 atom stereocenters. The van der Waals surface area contributed by atoms with Crippen molar-refractivity contribution >= 4 is 5.78 Å². The molecule has 0 aromatic rings. The van der Waals surface area contributed by atoms with Crippen molar-refractivity contribution in [3.63, 3.8) is 0 Å². The lowest BCUT2D eigenvalue weighted by molar-refractivity contribution is -0.130. The lowest BCUT2D eigenvalue weighted by atomic mass is 9.88. The van der Waals surface area contributed by atoms with Crippen LogP contribution in [-0.4, -0.2) is 17.0 Å². The van der Waals surface area contributed by atoms with Crippen molar-refractivity contribution in [3.8, 4) is 0 Å². The molecule has 0 amide bonds. The van der Waals surface area contributed by atoms with Crippen molar-refractivity contribution in [2.75, 3.05) is 0 Å². The van der Waals surface area contributed by atoms with E-state index in [1.807, 2.05) is 0 Å². The van der Waals surface area contributed by atoms with Crippen LogP contribution in [0.2, 0.25) is 0 Å². The van der Waals surface area contributed by atoms with Gasteiger partial charge in [-0.1, -0.05) is 6.92 Å². The standard InChI is InChI=1S/C7H12O2/c1-5-2-3-6(8)7(9)4-5/h5,7,9H,2-4H2,1H3/t5?,7-/m0/s1. The lowest BCUT2D eigenvalue weighted by Gasteiger charge is -2.20. The second kappa shape index (κ2) is 2.48. The van der Waals surface area contributed by atoms with Crippen molar-refractivity contribution in [3.05, 3.63) is 0 Å². The molecule has 1 saturated carbocycles. The van der Waals surface area contributed by atoms with E-state index >= 15 is 0 Å². The quantitative estimate of drug-likeness (QED) is 0.522. The number of hydrogen-bond acceptors (Lipinski definition) is 2. The van der Waals surface area contributed by atoms with Crippen molar-refractivity contribution in [2.45, 2.75) is 32.3 Å². The van der Waals surface area contributed by atoms with Crippen LogP contribution >= 0.6 is 0 Å². The van der Waals surface area contributed by atoms with Gasteiger partial charge in [0.1, 0.15) is 6.10 Å². The van der Waals surface area contributed by atoms with Gasteiger partial charge in [0.2, 0.25) is 0 Å². The van der Waals surface area contributed by atoms with E-state index in [0.717, 1.165) is 6.42 Å². The molecule has 0 aromatic heterocycles. The Hall–Kier alpha value is -0.370. The van der Waals surface area contributed by atoms with Crippen molar-refractivity contribution < 1.29 is 9.90 Å². The van der Waals surface area contributed by atoms with Gasteiger partial charge < -0.3 is 5.11 Å². The van der Waals surface area contributed by atoms with Gasteiger partial charge in [-0.25, -0.2) is 0 Å². The van der Waals surface area contributed by atoms with Crippen LogP contribution in [0.1, 0.15) is 26.2 Å². The first-order valence-corrected chi connectivity index (χ1v) is 3.41. The van der Waals surface area contributed by atoms with Crippen molar-refractivity contribution in [2.24, 2.45) is 5.92 Å². The van der Waals surface area contributed by atoms with Gasteiger partial charge in [0.05, 0.1) is 0 Å². The number of aliphatic hydroxyl groups excluding tert-OH is 1. The summed E-state index contributed by atoms with van der Waals surface area (Å²) in [6.07, 6.45) is 1.53. The van der Waals surface area contributed by atoms with Gasteiger partial charge in [-0.05, 0) is 18.8 Å². The third kappa shape index (κ3) is 1.52. The minimum atomic E-state index is -0.659. The zero-order chi connectivity index (χ0) is 6.85. The highest BCUT2D eigenvalue weighted by Crippen LogP contribution is 2.20. The highest BCUT2D eigenvalue weighted by atomic mass is 16.3. The maximum atomic E-state index is 10.7. The average Bonchev–Trinajstić information content (AvgIpc) is 1.80. The Bertz CT molecular complexity index is 120. The summed E-state index contributed by atoms with van der Waals surface area (Å²) in [5, 5.41) is 9.00. The zero-order valence-electron chi connectivity index (χ0n) is 5.63. The summed E-state index contributed by atoms with van der Waals surface area (Å²) >= 11 is 0. The van der Waals surface area contributed by atoms with Gasteiger partial charge >= 0.3 is 0 Å². The molecule has 1 N–H and O–H groups in total. The lowest BCUT2D eigenvalue weighted by Crippen LogP contribution is -2.27. The van der Waals surface area contributed by atoms with Crippen LogP contribution < -0.4 is 0 Å². The van der Waals surface area contributed by atoms with E-state index < -0.39 is 6.10 Å². The molecule has 1 unspecified atom stereocenters. The fourth-order valence-corrected chi connectivity index (χ4v) is 1.19. The van der Waals surface area contributed by atoms with E-state index in [0.29, 0.717) is 18.8 Å². The summed E-state index contributed by atoms with van der Waals surface area (Å²) in [7, 11) is 0. The first-order valence-electron chi connectivity index (χ1n) is 3.41. The molecule has 0 spiro atoms. The number of aliphatic hydroxyl groups is 1. The predicted octanol–water partition coefficient (Wildman–Crippen LogP) is 0.736. The van der Waals surface area contributed by atoms with Crippen LogP contribution in [0.5, 0.6) is 0 Å². The summed E-state index contributed by atoms with van der Waals surface area (Å²) in [6.45, 7) is 2.07. The minimum absolute atomic E-state index is 0.0214. The van der Waals surface area contributed by atoms with Gasteiger partial charge in [-0.3, -0.25) is 4.79 Å². The maximum absolute atomic E-state index is 10.7. The first-order chi connectivity index (χ1) is 4.20. The predicted molar refractivity (Wildman–Crippen MR) is 34.0 cm³/mol. The van der Waals surface area contributed by atoms with Crippen molar-refractivity contribution in [1.82, 2.24) is 0 Å². The molecule has 52 valence electrons. The molecule has 2 heteroatoms. The topological polar surface area (TPSA) is 37.3 Å². The van der Waals surface area contributed by atoms with E-state index in [1.54, 1.807) is 0 Å². The molecule has 0 radical (unpaired) electrons. The van der Waals surface area contributed by atoms with Gasteiger partial charge in [-0.15, -0.1) is 0 Å². The third-order valence-electron chi connectivity index (χ3n) is 1.88. The monoisotopic (exact) mass is 128 g/mol. The fraction of sp³-hybridized carbons (Fsp3) is 0.857. The fourth-order valence-electron chi connectivity index (χ4n) is 1.19. The summed E-state index contributed by atoms with van der Waals surface area (Å²) in [5.41, 5.74) is 0. The highest BCUT2D eigenvalue weighted by Gasteiger charge is 2.23. The van der Waals surface area contributed by atoms with Crippen LogP contribution in [0.3, 0.4) is 0 Å². The molecule has 0 aromatic carbocycles. The number of carbonyl (C=O) groups is 1. The maximum Gasteiger partial charge on any atom is 0.161 e. The van der Waals surface area contributed by atoms with Crippen LogP contribution in [0.4, 0.5) is 0 Å². The van der Waals surface area contributed by atoms with E-state index in [9.17, 15) is 4.79 Å². The molecule has 0 saturated heterocycles. The molecule has 0 bridgehead atoms. The molecule has 0 aliphatic heterocycles. The van der Waals surface area contributed by atoms with Crippen molar-refractivity contribution in [1.29, 1.82) is 0 Å². The van der Waals surface area contributed by atoms with Gasteiger partial charge in [0, 0.05) is 6.42 Å². The number of hydrogen-bond donors (Lipinski definition) is 1. The Labute approximate surface area is 54.9 Å². The molecule has 1 aliphatic rings. The largest absolute Gasteiger partial charge is 0.385 e. The van der Waals surface area contributed by atoms with E-state index in [2.05, 4.69) is 6.92 Å². The smallest absolute Gasteiger partial charge is 0.161 e. The molecule has 0 heterocycles. The number of rotatable bonds is 0. The van der Waals surface area contributed by atoms with E-state index in [1.165, 1.54) is 0 Å². The molecule has 1 fully saturated rings. The van der Waals surface area contributed by atoms with Crippen LogP contribution in [0.25, 0.3) is 0 Å². The zero-order valence-corrected chi connectivity index (χ0v) is 5.63. The molecular formula is C7H12O2. The summed E-state index contributed by atoms with van der Waals surface area (Å²) in [4.78, 5) is 10.7. The van der Waals surface area contributed by atoms with Crippen LogP contribution in [0.15, 0.2) is 0 Å². The highest BCUT2D eigenvalue weighted by molar-refractivity contribution is 5.83. The molecule has 9 heavy (non-hydrogen) atoms. The number of ketones is 1. The minimum Gasteiger partial charge on any atom is -0.385 e. The summed E-state index contributed by atoms with van der Waals surface area (Å²) < 4.78 is 0. The first kappa shape index (κ1) is 6.75. The second-order valence-electron chi connectivity index (χ2n) is 2.86. The van der Waals surface area contributed by atoms with E-state index in [-0.39, 0.29) is 5.78 Å². The SMILES string of the molecule is CC1CCC(=O)[C@@H](O)C1. The molecule has 1 rings (SSSR count). The normalized spacial score (nSPS) is 36.9. The van der Waals surface area contributed by atoms with Gasteiger partial charge in [-0.2, -0.15) is 0 Å². The van der Waals surface area contributed by atoms with Gasteiger partial charge in [0.15, 0.2) is 5.78 Å². The third-order valence-corrected chi connectivity index (χ3v) is 1.88. The Morgan fingerprint density at radius 3 is 2.78 bits per heavy atom. The van der Waals surface area contributed by atoms with Gasteiger partial charge in [0.25, 0.3) is 0 Å². The summed E-state index contributed by atoms with van der Waals surface area (Å²) in [6, 6.07) is 0. The van der Waals surface area contributed by atoms with Crippen LogP contribution in [0, 0.1) is 5.92 Å². The summed E-state index contributed by atoms with van der Waals surface area (Å²) in [5.74, 6) is 0.547. The Morgan fingerprint density at radius 1 is 1.67 bits per heavy atom. The number of Topliss-reactive ketones (excluding diaryl/α,β-unsaturated/α-hetero) is 1. The Morgan fingerprint density at radius 2 is 2.33 bits per heavy atom.